The molecule has 8 aromatic rings. The first-order chi connectivity index (χ1) is 22.3. The SMILES string of the molecule is C=Nc1ccccc1N1Cc2c(ccc3ccccc23)-c2cc(-c3cccc(-n4c5ccccc5c5ccccc54)c3)ccc21. The van der Waals surface area contributed by atoms with Crippen molar-refractivity contribution in [2.75, 3.05) is 4.90 Å². The summed E-state index contributed by atoms with van der Waals surface area (Å²) in [5.41, 5.74) is 12.9. The van der Waals surface area contributed by atoms with Crippen molar-refractivity contribution in [2.45, 2.75) is 6.54 Å². The van der Waals surface area contributed by atoms with E-state index in [4.69, 9.17) is 0 Å². The van der Waals surface area contributed by atoms with Gasteiger partial charge in [0.1, 0.15) is 0 Å². The van der Waals surface area contributed by atoms with Crippen molar-refractivity contribution in [2.24, 2.45) is 4.99 Å². The van der Waals surface area contributed by atoms with Crippen LogP contribution >= 0.6 is 0 Å². The highest BCUT2D eigenvalue weighted by Crippen LogP contribution is 2.48. The van der Waals surface area contributed by atoms with Gasteiger partial charge in [0.25, 0.3) is 0 Å². The highest BCUT2D eigenvalue weighted by Gasteiger charge is 2.26. The topological polar surface area (TPSA) is 20.5 Å². The summed E-state index contributed by atoms with van der Waals surface area (Å²) in [5.74, 6) is 0. The third-order valence-corrected chi connectivity index (χ3v) is 9.29. The van der Waals surface area contributed by atoms with Crippen LogP contribution in [0.4, 0.5) is 17.1 Å². The first kappa shape index (κ1) is 25.6. The van der Waals surface area contributed by atoms with Crippen molar-refractivity contribution in [3.8, 4) is 27.9 Å². The largest absolute Gasteiger partial charge is 0.335 e. The van der Waals surface area contributed by atoms with Gasteiger partial charge in [0.15, 0.2) is 0 Å². The average Bonchev–Trinajstić information content (AvgIpc) is 3.45. The van der Waals surface area contributed by atoms with Gasteiger partial charge < -0.3 is 9.47 Å². The molecule has 1 aromatic heterocycles. The van der Waals surface area contributed by atoms with Crippen LogP contribution in [0.5, 0.6) is 0 Å². The highest BCUT2D eigenvalue weighted by atomic mass is 15.2. The van der Waals surface area contributed by atoms with Crippen LogP contribution in [0.25, 0.3) is 60.5 Å². The lowest BCUT2D eigenvalue weighted by Crippen LogP contribution is -2.22. The Kier molecular flexibility index (Phi) is 5.72. The van der Waals surface area contributed by atoms with E-state index in [-0.39, 0.29) is 0 Å². The molecule has 0 saturated carbocycles. The van der Waals surface area contributed by atoms with Gasteiger partial charge in [0.2, 0.25) is 0 Å². The number of aromatic nitrogens is 1. The lowest BCUT2D eigenvalue weighted by molar-refractivity contribution is 0.970. The molecule has 3 nitrogen and oxygen atoms in total. The minimum Gasteiger partial charge on any atom is -0.335 e. The third kappa shape index (κ3) is 3.94. The molecule has 3 heteroatoms. The maximum absolute atomic E-state index is 4.39. The molecule has 9 rings (SSSR count). The van der Waals surface area contributed by atoms with Gasteiger partial charge in [-0.25, -0.2) is 0 Å². The monoisotopic (exact) mass is 575 g/mol. The summed E-state index contributed by atoms with van der Waals surface area (Å²) < 4.78 is 2.38. The van der Waals surface area contributed by atoms with Crippen molar-refractivity contribution in [3.05, 3.63) is 157 Å². The van der Waals surface area contributed by atoms with Crippen LogP contribution in [0.1, 0.15) is 5.56 Å². The fourth-order valence-corrected chi connectivity index (χ4v) is 7.23. The van der Waals surface area contributed by atoms with Crippen LogP contribution in [0, 0.1) is 0 Å². The molecule has 1 aliphatic heterocycles. The second-order valence-electron chi connectivity index (χ2n) is 11.7. The molecule has 0 atom stereocenters. The number of benzene rings is 7. The summed E-state index contributed by atoms with van der Waals surface area (Å²) in [6.45, 7) is 4.64. The van der Waals surface area contributed by atoms with Crippen LogP contribution < -0.4 is 4.90 Å². The Bertz CT molecular complexity index is 2390. The smallest absolute Gasteiger partial charge is 0.0859 e. The molecule has 0 saturated heterocycles. The molecule has 0 N–H and O–H groups in total. The van der Waals surface area contributed by atoms with Crippen LogP contribution in [0.2, 0.25) is 0 Å². The second kappa shape index (κ2) is 10.1. The highest BCUT2D eigenvalue weighted by molar-refractivity contribution is 6.09. The first-order valence-electron chi connectivity index (χ1n) is 15.4. The third-order valence-electron chi connectivity index (χ3n) is 9.29. The number of anilines is 2. The number of nitrogens with zero attached hydrogens (tertiary/aromatic N) is 3. The Labute approximate surface area is 262 Å². The molecule has 212 valence electrons. The lowest BCUT2D eigenvalue weighted by atomic mass is 9.87. The van der Waals surface area contributed by atoms with Crippen LogP contribution in [0.3, 0.4) is 0 Å². The van der Waals surface area contributed by atoms with Crippen LogP contribution in [-0.4, -0.2) is 11.3 Å². The van der Waals surface area contributed by atoms with E-state index >= 15 is 0 Å². The molecule has 0 unspecified atom stereocenters. The maximum atomic E-state index is 4.39. The van der Waals surface area contributed by atoms with Gasteiger partial charge in [-0.3, -0.25) is 4.99 Å². The molecule has 0 aliphatic carbocycles. The van der Waals surface area contributed by atoms with Gasteiger partial charge in [0.05, 0.1) is 22.4 Å². The summed E-state index contributed by atoms with van der Waals surface area (Å²) in [7, 11) is 0. The van der Waals surface area contributed by atoms with Crippen molar-refractivity contribution in [3.63, 3.8) is 0 Å². The van der Waals surface area contributed by atoms with Gasteiger partial charge in [0, 0.05) is 34.3 Å². The lowest BCUT2D eigenvalue weighted by Gasteiger charge is -2.34. The number of rotatable bonds is 4. The molecule has 0 bridgehead atoms. The van der Waals surface area contributed by atoms with Crippen molar-refractivity contribution in [1.29, 1.82) is 0 Å². The summed E-state index contributed by atoms with van der Waals surface area (Å²) in [5, 5.41) is 5.08. The molecule has 0 radical (unpaired) electrons. The molecular weight excluding hydrogens is 546 g/mol. The minimum absolute atomic E-state index is 0.763. The fraction of sp³-hybridized carbons (Fsp3) is 0.0238. The Balaban J connectivity index is 1.24. The fourth-order valence-electron chi connectivity index (χ4n) is 7.23. The van der Waals surface area contributed by atoms with Crippen molar-refractivity contribution < 1.29 is 0 Å². The summed E-state index contributed by atoms with van der Waals surface area (Å²) in [6.07, 6.45) is 0. The van der Waals surface area contributed by atoms with Crippen LogP contribution in [-0.2, 0) is 6.54 Å². The number of hydrogen-bond acceptors (Lipinski definition) is 2. The molecule has 1 aliphatic rings. The van der Waals surface area contributed by atoms with Gasteiger partial charge in [-0.1, -0.05) is 103 Å². The summed E-state index contributed by atoms with van der Waals surface area (Å²) in [4.78, 5) is 6.78. The Morgan fingerprint density at radius 3 is 2.00 bits per heavy atom. The maximum Gasteiger partial charge on any atom is 0.0859 e. The Morgan fingerprint density at radius 2 is 1.20 bits per heavy atom. The van der Waals surface area contributed by atoms with E-state index in [0.717, 1.165) is 23.6 Å². The van der Waals surface area contributed by atoms with Gasteiger partial charge >= 0.3 is 0 Å². The van der Waals surface area contributed by atoms with E-state index in [1.807, 2.05) is 12.1 Å². The Morgan fingerprint density at radius 1 is 0.511 bits per heavy atom. The van der Waals surface area contributed by atoms with Crippen molar-refractivity contribution in [1.82, 2.24) is 4.57 Å². The average molecular weight is 576 g/mol. The predicted octanol–water partition coefficient (Wildman–Crippen LogP) is 11.3. The van der Waals surface area contributed by atoms with Gasteiger partial charge in [-0.15, -0.1) is 0 Å². The second-order valence-corrected chi connectivity index (χ2v) is 11.7. The molecule has 0 amide bonds. The van der Waals surface area contributed by atoms with E-state index in [2.05, 4.69) is 161 Å². The number of fused-ring (bicyclic) bond motifs is 8. The van der Waals surface area contributed by atoms with E-state index in [1.54, 1.807) is 0 Å². The summed E-state index contributed by atoms with van der Waals surface area (Å²) in [6, 6.07) is 54.7. The van der Waals surface area contributed by atoms with Crippen molar-refractivity contribution >= 4 is 56.4 Å². The summed E-state index contributed by atoms with van der Waals surface area (Å²) >= 11 is 0. The molecule has 7 aromatic carbocycles. The van der Waals surface area contributed by atoms with Gasteiger partial charge in [-0.05, 0) is 88.3 Å². The zero-order valence-electron chi connectivity index (χ0n) is 24.7. The minimum atomic E-state index is 0.763. The quantitative estimate of drug-likeness (QED) is 0.191. The van der Waals surface area contributed by atoms with E-state index in [1.165, 1.54) is 66.1 Å². The van der Waals surface area contributed by atoms with E-state index < -0.39 is 0 Å². The van der Waals surface area contributed by atoms with Gasteiger partial charge in [-0.2, -0.15) is 0 Å². The van der Waals surface area contributed by atoms with E-state index in [0.29, 0.717) is 0 Å². The van der Waals surface area contributed by atoms with Crippen LogP contribution in [0.15, 0.2) is 157 Å². The zero-order valence-corrected chi connectivity index (χ0v) is 24.7. The van der Waals surface area contributed by atoms with E-state index in [9.17, 15) is 0 Å². The standard InChI is InChI=1S/C42H29N3/c1-43-38-17-6-9-20-42(38)44-27-37-32-14-3-2-11-28(32)21-23-33(37)36-26-30(22-24-39(36)44)29-12-10-13-31(25-29)45-40-18-7-4-15-34(40)35-16-5-8-19-41(35)45/h2-26H,1,27H2. The number of aliphatic imine (C=N–C) groups is 1. The number of hydrogen-bond donors (Lipinski definition) is 0. The normalized spacial score (nSPS) is 12.4. The number of para-hydroxylation sites is 4. The molecule has 45 heavy (non-hydrogen) atoms. The first-order valence-corrected chi connectivity index (χ1v) is 15.4. The molecule has 2 heterocycles. The zero-order chi connectivity index (χ0) is 29.9. The Hall–Kier alpha value is -5.93. The predicted molar refractivity (Wildman–Crippen MR) is 191 cm³/mol. The molecular formula is C42H29N3. The molecule has 0 spiro atoms. The molecule has 0 fully saturated rings.